The number of nitrogens with zero attached hydrogens (tertiary/aromatic N) is 2. The van der Waals surface area contributed by atoms with Crippen LogP contribution in [0, 0.1) is 11.3 Å². The standard InChI is InChI=1S/C25H34N4O4.ClH/c26-24(27)18-9-13-19(14-10-18)28-16-22(30)29(25(28)32)20-11-6-17(7-12-20)8-15-23(31)33-21-4-2-1-3-5-21;/h9-10,13-14,17,20-21H,1-8,11-12,15-16H2,(H3,26,27);1H/t17-,20-;. The predicted molar refractivity (Wildman–Crippen MR) is 132 cm³/mol. The number of nitrogens with one attached hydrogen (secondary N) is 1. The summed E-state index contributed by atoms with van der Waals surface area (Å²) in [6, 6.07) is 6.43. The van der Waals surface area contributed by atoms with Gasteiger partial charge in [0, 0.05) is 23.7 Å². The zero-order valence-electron chi connectivity index (χ0n) is 19.5. The van der Waals surface area contributed by atoms with E-state index in [1.54, 1.807) is 24.3 Å². The summed E-state index contributed by atoms with van der Waals surface area (Å²) in [5.41, 5.74) is 6.70. The summed E-state index contributed by atoms with van der Waals surface area (Å²) < 4.78 is 5.63. The van der Waals surface area contributed by atoms with Crippen LogP contribution in [0.1, 0.15) is 76.2 Å². The summed E-state index contributed by atoms with van der Waals surface area (Å²) in [6.07, 6.45) is 10.3. The van der Waals surface area contributed by atoms with Gasteiger partial charge in [0.15, 0.2) is 0 Å². The molecule has 1 aliphatic heterocycles. The molecule has 0 atom stereocenters. The number of esters is 1. The minimum absolute atomic E-state index is 0. The Morgan fingerprint density at radius 3 is 2.26 bits per heavy atom. The number of urea groups is 1. The smallest absolute Gasteiger partial charge is 0.331 e. The second-order valence-electron chi connectivity index (χ2n) is 9.56. The van der Waals surface area contributed by atoms with E-state index >= 15 is 0 Å². The van der Waals surface area contributed by atoms with Gasteiger partial charge in [-0.25, -0.2) is 4.79 Å². The molecular weight excluding hydrogens is 456 g/mol. The number of rotatable bonds is 7. The molecule has 2 saturated carbocycles. The van der Waals surface area contributed by atoms with Crippen LogP contribution < -0.4 is 10.6 Å². The molecule has 0 radical (unpaired) electrons. The molecule has 0 aromatic heterocycles. The summed E-state index contributed by atoms with van der Waals surface area (Å²) in [5, 5.41) is 7.49. The van der Waals surface area contributed by atoms with Crippen molar-refractivity contribution in [2.75, 3.05) is 11.4 Å². The number of imide groups is 1. The third-order valence-corrected chi connectivity index (χ3v) is 7.28. The maximum Gasteiger partial charge on any atom is 0.331 e. The van der Waals surface area contributed by atoms with Gasteiger partial charge < -0.3 is 10.5 Å². The van der Waals surface area contributed by atoms with Crippen LogP contribution in [0.25, 0.3) is 0 Å². The third-order valence-electron chi connectivity index (χ3n) is 7.28. The molecule has 3 aliphatic rings. The number of amides is 3. The number of carbonyl (C=O) groups excluding carboxylic acids is 3. The van der Waals surface area contributed by atoms with Gasteiger partial charge >= 0.3 is 12.0 Å². The van der Waals surface area contributed by atoms with Crippen molar-refractivity contribution in [3.63, 3.8) is 0 Å². The van der Waals surface area contributed by atoms with Crippen LogP contribution in [0.15, 0.2) is 24.3 Å². The lowest BCUT2D eigenvalue weighted by Crippen LogP contribution is -2.43. The van der Waals surface area contributed by atoms with Crippen molar-refractivity contribution in [1.82, 2.24) is 4.90 Å². The molecule has 186 valence electrons. The molecule has 9 heteroatoms. The lowest BCUT2D eigenvalue weighted by molar-refractivity contribution is -0.150. The quantitative estimate of drug-likeness (QED) is 0.254. The van der Waals surface area contributed by atoms with Crippen LogP contribution >= 0.6 is 12.4 Å². The minimum atomic E-state index is -0.282. The summed E-state index contributed by atoms with van der Waals surface area (Å²) >= 11 is 0. The number of hydrogen-bond acceptors (Lipinski definition) is 5. The largest absolute Gasteiger partial charge is 0.462 e. The Kier molecular flexibility index (Phi) is 8.94. The first-order valence-corrected chi connectivity index (χ1v) is 12.2. The lowest BCUT2D eigenvalue weighted by atomic mass is 9.83. The molecular formula is C25H35ClN4O4. The van der Waals surface area contributed by atoms with E-state index in [1.165, 1.54) is 16.2 Å². The second-order valence-corrected chi connectivity index (χ2v) is 9.56. The van der Waals surface area contributed by atoms with Crippen LogP contribution in [-0.2, 0) is 14.3 Å². The van der Waals surface area contributed by atoms with Crippen LogP contribution in [-0.4, -0.2) is 47.3 Å². The normalized spacial score (nSPS) is 23.5. The number of nitrogens with two attached hydrogens (primary N) is 1. The summed E-state index contributed by atoms with van der Waals surface area (Å²) in [5.74, 6) is 0.143. The van der Waals surface area contributed by atoms with Crippen molar-refractivity contribution in [3.05, 3.63) is 29.8 Å². The van der Waals surface area contributed by atoms with E-state index in [9.17, 15) is 14.4 Å². The van der Waals surface area contributed by atoms with Gasteiger partial charge in [-0.3, -0.25) is 24.8 Å². The van der Waals surface area contributed by atoms with Crippen molar-refractivity contribution < 1.29 is 19.1 Å². The molecule has 0 bridgehead atoms. The average Bonchev–Trinajstić information content (AvgIpc) is 3.12. The van der Waals surface area contributed by atoms with E-state index in [2.05, 4.69) is 0 Å². The second kappa shape index (κ2) is 11.7. The van der Waals surface area contributed by atoms with Gasteiger partial charge in [-0.15, -0.1) is 12.4 Å². The number of anilines is 1. The van der Waals surface area contributed by atoms with Crippen LogP contribution in [0.4, 0.5) is 10.5 Å². The number of halogens is 1. The number of carbonyl (C=O) groups is 3. The number of nitrogen functional groups attached to an aromatic ring is 1. The fourth-order valence-corrected chi connectivity index (χ4v) is 5.34. The SMILES string of the molecule is Cl.N=C(N)c1ccc(N2CC(=O)N([C@H]3CC[C@H](CCC(=O)OC4CCCCC4)CC3)C2=O)cc1. The molecule has 1 aromatic rings. The van der Waals surface area contributed by atoms with Crippen LogP contribution in [0.5, 0.6) is 0 Å². The molecule has 3 amide bonds. The van der Waals surface area contributed by atoms with Gasteiger partial charge in [0.05, 0.1) is 0 Å². The Labute approximate surface area is 207 Å². The highest BCUT2D eigenvalue weighted by Crippen LogP contribution is 2.34. The number of benzene rings is 1. The summed E-state index contributed by atoms with van der Waals surface area (Å²) in [7, 11) is 0. The number of ether oxygens (including phenoxy) is 1. The average molecular weight is 491 g/mol. The van der Waals surface area contributed by atoms with E-state index < -0.39 is 0 Å². The Hall–Kier alpha value is -2.61. The van der Waals surface area contributed by atoms with Crippen molar-refractivity contribution >= 4 is 41.8 Å². The Morgan fingerprint density at radius 2 is 1.65 bits per heavy atom. The van der Waals surface area contributed by atoms with Crippen LogP contribution in [0.2, 0.25) is 0 Å². The van der Waals surface area contributed by atoms with E-state index in [1.807, 2.05) is 0 Å². The van der Waals surface area contributed by atoms with Gasteiger partial charge in [-0.05, 0) is 88.0 Å². The molecule has 3 fully saturated rings. The van der Waals surface area contributed by atoms with Crippen molar-refractivity contribution in [1.29, 1.82) is 5.41 Å². The van der Waals surface area contributed by atoms with Crippen LogP contribution in [0.3, 0.4) is 0 Å². The molecule has 8 nitrogen and oxygen atoms in total. The lowest BCUT2D eigenvalue weighted by Gasteiger charge is -2.33. The zero-order valence-corrected chi connectivity index (χ0v) is 20.4. The molecule has 0 unspecified atom stereocenters. The van der Waals surface area contributed by atoms with E-state index in [0.29, 0.717) is 23.6 Å². The van der Waals surface area contributed by atoms with Gasteiger partial charge in [-0.1, -0.05) is 6.42 Å². The first-order valence-electron chi connectivity index (χ1n) is 12.2. The molecule has 1 saturated heterocycles. The molecule has 1 heterocycles. The summed E-state index contributed by atoms with van der Waals surface area (Å²) in [6.45, 7) is 0.0329. The maximum absolute atomic E-state index is 13.0. The predicted octanol–water partition coefficient (Wildman–Crippen LogP) is 4.38. The van der Waals surface area contributed by atoms with Gasteiger partial charge in [-0.2, -0.15) is 0 Å². The number of amidine groups is 1. The zero-order chi connectivity index (χ0) is 23.4. The first kappa shape index (κ1) is 26.0. The van der Waals surface area contributed by atoms with E-state index in [0.717, 1.165) is 57.8 Å². The van der Waals surface area contributed by atoms with E-state index in [4.69, 9.17) is 15.9 Å². The molecule has 1 aromatic carbocycles. The molecule has 3 N–H and O–H groups in total. The molecule has 2 aliphatic carbocycles. The number of hydrogen-bond donors (Lipinski definition) is 2. The Bertz CT molecular complexity index is 893. The highest BCUT2D eigenvalue weighted by atomic mass is 35.5. The maximum atomic E-state index is 13.0. The summed E-state index contributed by atoms with van der Waals surface area (Å²) in [4.78, 5) is 40.8. The Balaban J connectivity index is 0.00000324. The van der Waals surface area contributed by atoms with Crippen molar-refractivity contribution in [2.45, 2.75) is 82.8 Å². The highest BCUT2D eigenvalue weighted by Gasteiger charge is 2.42. The van der Waals surface area contributed by atoms with E-state index in [-0.39, 0.29) is 54.8 Å². The van der Waals surface area contributed by atoms with Crippen molar-refractivity contribution in [2.24, 2.45) is 11.7 Å². The minimum Gasteiger partial charge on any atom is -0.462 e. The van der Waals surface area contributed by atoms with Gasteiger partial charge in [0.2, 0.25) is 0 Å². The molecule has 34 heavy (non-hydrogen) atoms. The monoisotopic (exact) mass is 490 g/mol. The molecule has 4 rings (SSSR count). The van der Waals surface area contributed by atoms with Crippen molar-refractivity contribution in [3.8, 4) is 0 Å². The topological polar surface area (TPSA) is 117 Å². The molecule has 0 spiro atoms. The van der Waals surface area contributed by atoms with Gasteiger partial charge in [0.1, 0.15) is 18.5 Å². The highest BCUT2D eigenvalue weighted by molar-refractivity contribution is 6.12. The fourth-order valence-electron chi connectivity index (χ4n) is 5.34. The third kappa shape index (κ3) is 6.09. The Morgan fingerprint density at radius 1 is 1.00 bits per heavy atom. The van der Waals surface area contributed by atoms with Gasteiger partial charge in [0.25, 0.3) is 5.91 Å². The fraction of sp³-hybridized carbons (Fsp3) is 0.600. The first-order chi connectivity index (χ1) is 15.9.